The van der Waals surface area contributed by atoms with Gasteiger partial charge in [-0.25, -0.2) is 4.98 Å². The van der Waals surface area contributed by atoms with Gasteiger partial charge in [0.15, 0.2) is 0 Å². The lowest BCUT2D eigenvalue weighted by Gasteiger charge is -2.27. The molecule has 1 unspecified atom stereocenters. The first-order valence-corrected chi connectivity index (χ1v) is 6.23. The average molecular weight is 210 g/mol. The second-order valence-electron chi connectivity index (χ2n) is 4.79. The highest BCUT2D eigenvalue weighted by molar-refractivity contribution is 7.07. The maximum atomic E-state index is 4.28. The largest absolute Gasteiger partial charge is 0.308 e. The molecule has 0 amide bonds. The van der Waals surface area contributed by atoms with Gasteiger partial charge in [-0.05, 0) is 18.3 Å². The summed E-state index contributed by atoms with van der Waals surface area (Å²) in [6.45, 7) is 5.65. The molecule has 0 radical (unpaired) electrons. The van der Waals surface area contributed by atoms with Crippen LogP contribution in [0.4, 0.5) is 0 Å². The number of hydrogen-bond donors (Lipinski definition) is 1. The summed E-state index contributed by atoms with van der Waals surface area (Å²) in [6.07, 6.45) is 4.03. The van der Waals surface area contributed by atoms with Gasteiger partial charge in [-0.3, -0.25) is 0 Å². The zero-order chi connectivity index (χ0) is 10.0. The number of aromatic nitrogens is 1. The Morgan fingerprint density at radius 1 is 1.64 bits per heavy atom. The van der Waals surface area contributed by atoms with Gasteiger partial charge in [0.05, 0.1) is 11.2 Å². The van der Waals surface area contributed by atoms with Crippen LogP contribution < -0.4 is 5.32 Å². The minimum absolute atomic E-state index is 0.468. The van der Waals surface area contributed by atoms with E-state index in [0.717, 1.165) is 6.54 Å². The Hall–Kier alpha value is -0.410. The van der Waals surface area contributed by atoms with Crippen molar-refractivity contribution in [3.05, 3.63) is 16.6 Å². The molecule has 0 spiro atoms. The molecule has 14 heavy (non-hydrogen) atoms. The van der Waals surface area contributed by atoms with Crippen molar-refractivity contribution >= 4 is 11.3 Å². The predicted molar refractivity (Wildman–Crippen MR) is 60.4 cm³/mol. The fraction of sp³-hybridized carbons (Fsp3) is 0.727. The van der Waals surface area contributed by atoms with E-state index in [1.807, 2.05) is 5.51 Å². The summed E-state index contributed by atoms with van der Waals surface area (Å²) >= 11 is 1.67. The highest BCUT2D eigenvalue weighted by atomic mass is 32.1. The van der Waals surface area contributed by atoms with Crippen LogP contribution >= 0.6 is 11.3 Å². The van der Waals surface area contributed by atoms with Crippen molar-refractivity contribution in [1.29, 1.82) is 0 Å². The summed E-state index contributed by atoms with van der Waals surface area (Å²) < 4.78 is 0. The van der Waals surface area contributed by atoms with Crippen LogP contribution in [0.25, 0.3) is 0 Å². The molecule has 0 aliphatic heterocycles. The zero-order valence-corrected chi connectivity index (χ0v) is 9.73. The second kappa shape index (κ2) is 3.99. The van der Waals surface area contributed by atoms with Gasteiger partial charge in [-0.1, -0.05) is 20.3 Å². The van der Waals surface area contributed by atoms with Gasteiger partial charge >= 0.3 is 0 Å². The van der Waals surface area contributed by atoms with Gasteiger partial charge < -0.3 is 5.32 Å². The summed E-state index contributed by atoms with van der Waals surface area (Å²) in [5.41, 5.74) is 3.55. The average Bonchev–Trinajstić information content (AvgIpc) is 2.71. The van der Waals surface area contributed by atoms with Crippen molar-refractivity contribution in [3.63, 3.8) is 0 Å². The standard InChI is InChI=1S/C11H18N2S/c1-11(2)5-3-4-10(11)12-6-9-7-14-8-13-9/h7-8,10,12H,3-6H2,1-2H3. The van der Waals surface area contributed by atoms with E-state index >= 15 is 0 Å². The molecular weight excluding hydrogens is 192 g/mol. The van der Waals surface area contributed by atoms with E-state index in [1.165, 1.54) is 25.0 Å². The number of rotatable bonds is 3. The summed E-state index contributed by atoms with van der Waals surface area (Å²) in [4.78, 5) is 4.28. The minimum atomic E-state index is 0.468. The maximum absolute atomic E-state index is 4.28. The number of nitrogens with zero attached hydrogens (tertiary/aromatic N) is 1. The first-order valence-electron chi connectivity index (χ1n) is 5.29. The fourth-order valence-corrected chi connectivity index (χ4v) is 2.82. The normalized spacial score (nSPS) is 25.4. The molecule has 0 saturated heterocycles. The summed E-state index contributed by atoms with van der Waals surface area (Å²) in [5, 5.41) is 5.74. The highest BCUT2D eigenvalue weighted by Gasteiger charge is 2.33. The molecule has 78 valence electrons. The molecule has 1 aromatic rings. The molecule has 0 bridgehead atoms. The fourth-order valence-electron chi connectivity index (χ4n) is 2.26. The van der Waals surface area contributed by atoms with E-state index in [4.69, 9.17) is 0 Å². The minimum Gasteiger partial charge on any atom is -0.308 e. The van der Waals surface area contributed by atoms with Crippen LogP contribution in [0.3, 0.4) is 0 Å². The van der Waals surface area contributed by atoms with Crippen LogP contribution in [0.5, 0.6) is 0 Å². The van der Waals surface area contributed by atoms with Gasteiger partial charge in [-0.2, -0.15) is 0 Å². The summed E-state index contributed by atoms with van der Waals surface area (Å²) in [7, 11) is 0. The molecular formula is C11H18N2S. The third-order valence-corrected chi connectivity index (χ3v) is 3.91. The van der Waals surface area contributed by atoms with E-state index in [1.54, 1.807) is 11.3 Å². The lowest BCUT2D eigenvalue weighted by Crippen LogP contribution is -2.37. The van der Waals surface area contributed by atoms with Crippen LogP contribution in [0.1, 0.15) is 38.8 Å². The van der Waals surface area contributed by atoms with Crippen LogP contribution in [0.15, 0.2) is 10.9 Å². The van der Waals surface area contributed by atoms with E-state index < -0.39 is 0 Å². The van der Waals surface area contributed by atoms with E-state index in [9.17, 15) is 0 Å². The molecule has 1 fully saturated rings. The Balaban J connectivity index is 1.86. The Kier molecular flexibility index (Phi) is 2.88. The molecule has 1 aliphatic rings. The van der Waals surface area contributed by atoms with Crippen molar-refractivity contribution < 1.29 is 0 Å². The van der Waals surface area contributed by atoms with Crippen molar-refractivity contribution in [2.24, 2.45) is 5.41 Å². The lowest BCUT2D eigenvalue weighted by molar-refractivity contribution is 0.282. The lowest BCUT2D eigenvalue weighted by atomic mass is 9.87. The smallest absolute Gasteiger partial charge is 0.0795 e. The third kappa shape index (κ3) is 2.15. The van der Waals surface area contributed by atoms with Gasteiger partial charge in [0.25, 0.3) is 0 Å². The van der Waals surface area contributed by atoms with E-state index in [-0.39, 0.29) is 0 Å². The topological polar surface area (TPSA) is 24.9 Å². The van der Waals surface area contributed by atoms with Crippen LogP contribution in [0.2, 0.25) is 0 Å². The monoisotopic (exact) mass is 210 g/mol. The first kappa shape index (κ1) is 10.1. The van der Waals surface area contributed by atoms with E-state index in [0.29, 0.717) is 11.5 Å². The molecule has 1 saturated carbocycles. The second-order valence-corrected chi connectivity index (χ2v) is 5.51. The van der Waals surface area contributed by atoms with Gasteiger partial charge in [0, 0.05) is 18.0 Å². The quantitative estimate of drug-likeness (QED) is 0.830. The van der Waals surface area contributed by atoms with Crippen molar-refractivity contribution in [1.82, 2.24) is 10.3 Å². The van der Waals surface area contributed by atoms with Gasteiger partial charge in [0.1, 0.15) is 0 Å². The Morgan fingerprint density at radius 2 is 2.50 bits per heavy atom. The maximum Gasteiger partial charge on any atom is 0.0795 e. The molecule has 1 atom stereocenters. The molecule has 1 heterocycles. The Bertz CT molecular complexity index is 279. The SMILES string of the molecule is CC1(C)CCCC1NCc1cscn1. The third-order valence-electron chi connectivity index (χ3n) is 3.27. The summed E-state index contributed by atoms with van der Waals surface area (Å²) in [6, 6.07) is 0.671. The summed E-state index contributed by atoms with van der Waals surface area (Å²) in [5.74, 6) is 0. The van der Waals surface area contributed by atoms with E-state index in [2.05, 4.69) is 29.5 Å². The Labute approximate surface area is 89.8 Å². The van der Waals surface area contributed by atoms with Crippen LogP contribution in [-0.2, 0) is 6.54 Å². The molecule has 1 aromatic heterocycles. The van der Waals surface area contributed by atoms with Crippen LogP contribution in [-0.4, -0.2) is 11.0 Å². The number of thiazole rings is 1. The number of hydrogen-bond acceptors (Lipinski definition) is 3. The van der Waals surface area contributed by atoms with Gasteiger partial charge in [-0.15, -0.1) is 11.3 Å². The molecule has 0 aromatic carbocycles. The van der Waals surface area contributed by atoms with Crippen molar-refractivity contribution in [3.8, 4) is 0 Å². The molecule has 3 heteroatoms. The highest BCUT2D eigenvalue weighted by Crippen LogP contribution is 2.37. The van der Waals surface area contributed by atoms with Crippen molar-refractivity contribution in [2.45, 2.75) is 45.7 Å². The molecule has 1 aliphatic carbocycles. The molecule has 2 rings (SSSR count). The van der Waals surface area contributed by atoms with Crippen molar-refractivity contribution in [2.75, 3.05) is 0 Å². The molecule has 1 N–H and O–H groups in total. The number of nitrogens with one attached hydrogen (secondary N) is 1. The first-order chi connectivity index (χ1) is 6.68. The Morgan fingerprint density at radius 3 is 3.07 bits per heavy atom. The molecule has 2 nitrogen and oxygen atoms in total. The zero-order valence-electron chi connectivity index (χ0n) is 8.92. The van der Waals surface area contributed by atoms with Crippen LogP contribution in [0, 0.1) is 5.41 Å². The predicted octanol–water partition coefficient (Wildman–Crippen LogP) is 2.81. The van der Waals surface area contributed by atoms with Gasteiger partial charge in [0.2, 0.25) is 0 Å².